The van der Waals surface area contributed by atoms with Crippen LogP contribution in [-0.2, 0) is 16.8 Å². The Labute approximate surface area is 148 Å². The van der Waals surface area contributed by atoms with E-state index in [1.807, 2.05) is 0 Å². The molecule has 142 valence electrons. The summed E-state index contributed by atoms with van der Waals surface area (Å²) in [6.07, 6.45) is -2.20. The molecule has 0 spiro atoms. The lowest BCUT2D eigenvalue weighted by atomic mass is 9.94. The number of phenolic OH excluding ortho intramolecular Hbond substituents is 3. The summed E-state index contributed by atoms with van der Waals surface area (Å²) in [6, 6.07) is 6.05. The predicted octanol–water partition coefficient (Wildman–Crippen LogP) is 1.18. The van der Waals surface area contributed by atoms with Crippen molar-refractivity contribution in [2.24, 2.45) is 0 Å². The van der Waals surface area contributed by atoms with E-state index in [9.17, 15) is 28.8 Å². The summed E-state index contributed by atoms with van der Waals surface area (Å²) in [6.45, 7) is 0. The zero-order valence-electron chi connectivity index (χ0n) is 13.2. The molecule has 0 unspecified atom stereocenters. The van der Waals surface area contributed by atoms with E-state index in [2.05, 4.69) is 4.18 Å². The lowest BCUT2D eigenvalue weighted by molar-refractivity contribution is 0.0199. The Hall–Kier alpha value is -2.73. The topological polar surface area (TPSA) is 189 Å². The van der Waals surface area contributed by atoms with Gasteiger partial charge in [-0.2, -0.15) is 8.42 Å². The summed E-state index contributed by atoms with van der Waals surface area (Å²) < 4.78 is 40.7. The van der Waals surface area contributed by atoms with Crippen molar-refractivity contribution in [2.75, 3.05) is 0 Å². The number of phenols is 3. The van der Waals surface area contributed by atoms with Crippen molar-refractivity contribution >= 4 is 10.4 Å². The normalized spacial score (nSPS) is 19.0. The Kier molecular flexibility index (Phi) is 5.18. The van der Waals surface area contributed by atoms with Crippen molar-refractivity contribution in [1.29, 1.82) is 0 Å². The predicted molar refractivity (Wildman–Crippen MR) is 88.2 cm³/mol. The van der Waals surface area contributed by atoms with Gasteiger partial charge >= 0.3 is 10.4 Å². The van der Waals surface area contributed by atoms with Crippen LogP contribution >= 0.6 is 0 Å². The molecule has 0 radical (unpaired) electrons. The van der Waals surface area contributed by atoms with Crippen molar-refractivity contribution in [2.45, 2.75) is 18.6 Å². The minimum absolute atomic E-state index is 0. The number of aromatic hydroxyl groups is 3. The Balaban J connectivity index is 0.00000243. The van der Waals surface area contributed by atoms with E-state index in [0.717, 1.165) is 6.07 Å². The molecule has 1 heterocycles. The molecule has 1 aliphatic rings. The average Bonchev–Trinajstić information content (AvgIpc) is 2.49. The van der Waals surface area contributed by atoms with Crippen molar-refractivity contribution in [3.05, 3.63) is 41.5 Å². The van der Waals surface area contributed by atoms with E-state index in [-0.39, 0.29) is 41.1 Å². The zero-order chi connectivity index (χ0) is 18.4. The highest BCUT2D eigenvalue weighted by molar-refractivity contribution is 7.81. The quantitative estimate of drug-likeness (QED) is 0.329. The Bertz CT molecular complexity index is 929. The number of rotatable bonds is 3. The first-order valence-electron chi connectivity index (χ1n) is 7.03. The van der Waals surface area contributed by atoms with Gasteiger partial charge in [-0.25, -0.2) is 0 Å². The molecule has 10 nitrogen and oxygen atoms in total. The average molecular weight is 387 g/mol. The molecule has 0 bridgehead atoms. The number of benzene rings is 2. The fourth-order valence-corrected chi connectivity index (χ4v) is 3.01. The van der Waals surface area contributed by atoms with Gasteiger partial charge in [0.05, 0.1) is 6.10 Å². The third-order valence-corrected chi connectivity index (χ3v) is 4.08. The van der Waals surface area contributed by atoms with Gasteiger partial charge in [-0.1, -0.05) is 6.07 Å². The van der Waals surface area contributed by atoms with E-state index in [1.54, 1.807) is 0 Å². The summed E-state index contributed by atoms with van der Waals surface area (Å²) >= 11 is 0. The minimum atomic E-state index is -4.83. The lowest BCUT2D eigenvalue weighted by Crippen LogP contribution is -2.30. The van der Waals surface area contributed by atoms with Crippen molar-refractivity contribution < 1.29 is 42.3 Å². The van der Waals surface area contributed by atoms with Gasteiger partial charge in [-0.05, 0) is 17.7 Å². The van der Waals surface area contributed by atoms with Gasteiger partial charge in [0.25, 0.3) is 0 Å². The van der Waals surface area contributed by atoms with Gasteiger partial charge < -0.3 is 35.5 Å². The second-order valence-electron chi connectivity index (χ2n) is 5.49. The molecule has 2 aromatic rings. The maximum Gasteiger partial charge on any atom is 0.446 e. The van der Waals surface area contributed by atoms with Crippen LogP contribution < -0.4 is 15.1 Å². The molecular weight excluding hydrogens is 370 g/mol. The molecule has 2 aromatic carbocycles. The van der Waals surface area contributed by atoms with E-state index in [1.165, 1.54) is 24.3 Å². The molecule has 0 aliphatic carbocycles. The second-order valence-corrected chi connectivity index (χ2v) is 6.51. The van der Waals surface area contributed by atoms with E-state index >= 15 is 0 Å². The van der Waals surface area contributed by atoms with E-state index in [0.29, 0.717) is 5.56 Å². The van der Waals surface area contributed by atoms with E-state index in [4.69, 9.17) is 9.29 Å². The largest absolute Gasteiger partial charge is 0.508 e. The molecule has 0 saturated carbocycles. The van der Waals surface area contributed by atoms with Gasteiger partial charge in [0.2, 0.25) is 0 Å². The Morgan fingerprint density at radius 2 is 1.77 bits per heavy atom. The monoisotopic (exact) mass is 387 g/mol. The van der Waals surface area contributed by atoms with Crippen LogP contribution in [0.15, 0.2) is 30.3 Å². The van der Waals surface area contributed by atoms with Crippen LogP contribution in [-0.4, -0.2) is 39.5 Å². The number of aliphatic hydroxyl groups excluding tert-OH is 1. The van der Waals surface area contributed by atoms with Crippen LogP contribution in [0, 0.1) is 0 Å². The van der Waals surface area contributed by atoms with E-state index < -0.39 is 28.4 Å². The fourth-order valence-electron chi connectivity index (χ4n) is 2.64. The maximum atomic E-state index is 10.9. The highest BCUT2D eigenvalue weighted by Gasteiger charge is 2.33. The van der Waals surface area contributed by atoms with Crippen molar-refractivity contribution in [1.82, 2.24) is 6.15 Å². The van der Waals surface area contributed by atoms with Gasteiger partial charge in [0, 0.05) is 24.1 Å². The molecule has 0 aromatic heterocycles. The highest BCUT2D eigenvalue weighted by Crippen LogP contribution is 2.43. The first-order valence-corrected chi connectivity index (χ1v) is 8.40. The minimum Gasteiger partial charge on any atom is -0.508 e. The molecule has 3 rings (SSSR count). The number of ether oxygens (including phenoxy) is 1. The molecule has 11 heteroatoms. The standard InChI is InChI=1S/C15H14O9S.H3N/c16-8-4-13-9(14(5-8)24-25(20,21)22)6-12(19)15(23-13)7-1-2-10(17)11(18)3-7;/h1-5,12,15-19H,6H2,(H,20,21,22);1H3/t12-,15-;/m1./s1. The molecule has 2 atom stereocenters. The molecule has 1 aliphatic heterocycles. The number of fused-ring (bicyclic) bond motifs is 1. The maximum absolute atomic E-state index is 10.9. The first kappa shape index (κ1) is 19.6. The third kappa shape index (κ3) is 3.91. The highest BCUT2D eigenvalue weighted by atomic mass is 32.3. The van der Waals surface area contributed by atoms with Crippen LogP contribution in [0.4, 0.5) is 0 Å². The van der Waals surface area contributed by atoms with Crippen LogP contribution in [0.25, 0.3) is 0 Å². The molecular formula is C15H17NO9S. The van der Waals surface area contributed by atoms with Gasteiger partial charge in [-0.3, -0.25) is 4.55 Å². The van der Waals surface area contributed by atoms with Crippen LogP contribution in [0.1, 0.15) is 17.2 Å². The summed E-state index contributed by atoms with van der Waals surface area (Å²) in [5.41, 5.74) is 0.496. The number of hydrogen-bond donors (Lipinski definition) is 6. The smallest absolute Gasteiger partial charge is 0.446 e. The molecule has 26 heavy (non-hydrogen) atoms. The Morgan fingerprint density at radius 1 is 1.08 bits per heavy atom. The second kappa shape index (κ2) is 6.88. The molecule has 0 amide bonds. The van der Waals surface area contributed by atoms with Gasteiger partial charge in [0.1, 0.15) is 17.6 Å². The third-order valence-electron chi connectivity index (χ3n) is 3.69. The number of aliphatic hydroxyl groups is 1. The van der Waals surface area contributed by atoms with Crippen LogP contribution in [0.3, 0.4) is 0 Å². The van der Waals surface area contributed by atoms with Crippen LogP contribution in [0.5, 0.6) is 28.7 Å². The zero-order valence-corrected chi connectivity index (χ0v) is 14.0. The Morgan fingerprint density at radius 3 is 2.38 bits per heavy atom. The number of hydrogen-bond acceptors (Lipinski definition) is 9. The molecule has 0 saturated heterocycles. The SMILES string of the molecule is N.O=S(=O)(O)Oc1cc(O)cc2c1C[C@@H](O)[C@@H](c1ccc(O)c(O)c1)O2. The lowest BCUT2D eigenvalue weighted by Gasteiger charge is -2.31. The fraction of sp³-hybridized carbons (Fsp3) is 0.200. The summed E-state index contributed by atoms with van der Waals surface area (Å²) in [5, 5.41) is 39.0. The summed E-state index contributed by atoms with van der Waals surface area (Å²) in [5.74, 6) is -1.44. The van der Waals surface area contributed by atoms with Gasteiger partial charge in [0.15, 0.2) is 17.2 Å². The first-order chi connectivity index (χ1) is 11.6. The molecule has 0 fully saturated rings. The van der Waals surface area contributed by atoms with Crippen molar-refractivity contribution in [3.63, 3.8) is 0 Å². The van der Waals surface area contributed by atoms with Crippen LogP contribution in [0.2, 0.25) is 0 Å². The summed E-state index contributed by atoms with van der Waals surface area (Å²) in [4.78, 5) is 0. The van der Waals surface area contributed by atoms with Gasteiger partial charge in [-0.15, -0.1) is 0 Å². The summed E-state index contributed by atoms with van der Waals surface area (Å²) in [7, 11) is -4.83. The van der Waals surface area contributed by atoms with Crippen molar-refractivity contribution in [3.8, 4) is 28.7 Å². The molecule has 8 N–H and O–H groups in total.